The third kappa shape index (κ3) is 4.07. The zero-order valence-electron chi connectivity index (χ0n) is 12.8. The summed E-state index contributed by atoms with van der Waals surface area (Å²) in [6.07, 6.45) is 6.14. The van der Waals surface area contributed by atoms with Gasteiger partial charge in [-0.1, -0.05) is 0 Å². The van der Waals surface area contributed by atoms with Crippen molar-refractivity contribution in [3.8, 4) is 11.5 Å². The van der Waals surface area contributed by atoms with Gasteiger partial charge in [-0.25, -0.2) is 0 Å². The zero-order valence-corrected chi connectivity index (χ0v) is 13.6. The van der Waals surface area contributed by atoms with Gasteiger partial charge < -0.3 is 19.7 Å². The van der Waals surface area contributed by atoms with E-state index in [2.05, 4.69) is 27.7 Å². The molecule has 2 rings (SSSR count). The summed E-state index contributed by atoms with van der Waals surface area (Å²) in [6.45, 7) is 0.664. The first kappa shape index (κ1) is 15.6. The number of thioether (sulfide) groups is 1. The molecular weight excluding hydrogens is 286 g/mol. The highest BCUT2D eigenvalue weighted by Crippen LogP contribution is 2.25. The minimum Gasteiger partial charge on any atom is -0.497 e. The van der Waals surface area contributed by atoms with Gasteiger partial charge in [-0.05, 0) is 12.3 Å². The van der Waals surface area contributed by atoms with Crippen LogP contribution in [0.25, 0.3) is 0 Å². The highest BCUT2D eigenvalue weighted by Gasteiger charge is 2.13. The number of hydrogen-bond donors (Lipinski definition) is 1. The van der Waals surface area contributed by atoms with Gasteiger partial charge in [0.15, 0.2) is 5.50 Å². The van der Waals surface area contributed by atoms with Crippen LogP contribution in [0.1, 0.15) is 0 Å². The van der Waals surface area contributed by atoms with E-state index >= 15 is 0 Å². The van der Waals surface area contributed by atoms with Crippen molar-refractivity contribution in [3.05, 3.63) is 30.5 Å². The molecule has 1 aliphatic heterocycles. The fraction of sp³-hybridized carbons (Fsp3) is 0.400. The van der Waals surface area contributed by atoms with Gasteiger partial charge in [-0.3, -0.25) is 4.99 Å². The molecule has 5 nitrogen and oxygen atoms in total. The van der Waals surface area contributed by atoms with Gasteiger partial charge in [0.1, 0.15) is 11.5 Å². The molecule has 0 fully saturated rings. The summed E-state index contributed by atoms with van der Waals surface area (Å²) in [5.74, 6) is 1.53. The fourth-order valence-corrected chi connectivity index (χ4v) is 2.62. The van der Waals surface area contributed by atoms with Crippen LogP contribution in [0, 0.1) is 0 Å². The van der Waals surface area contributed by atoms with Crippen molar-refractivity contribution >= 4 is 23.2 Å². The van der Waals surface area contributed by atoms with E-state index in [-0.39, 0.29) is 5.50 Å². The molecule has 21 heavy (non-hydrogen) atoms. The van der Waals surface area contributed by atoms with E-state index in [0.29, 0.717) is 6.54 Å². The highest BCUT2D eigenvalue weighted by atomic mass is 32.2. The minimum absolute atomic E-state index is 0.145. The van der Waals surface area contributed by atoms with Gasteiger partial charge in [0, 0.05) is 37.1 Å². The fourth-order valence-electron chi connectivity index (χ4n) is 1.98. The number of methoxy groups -OCH3 is 2. The lowest BCUT2D eigenvalue weighted by molar-refractivity contribution is 0.394. The molecule has 1 N–H and O–H groups in total. The van der Waals surface area contributed by atoms with Gasteiger partial charge in [-0.15, -0.1) is 11.8 Å². The van der Waals surface area contributed by atoms with Gasteiger partial charge in [0.2, 0.25) is 0 Å². The molecule has 0 aliphatic carbocycles. The minimum atomic E-state index is 0.145. The van der Waals surface area contributed by atoms with E-state index in [1.165, 1.54) is 0 Å². The number of anilines is 1. The Morgan fingerprint density at radius 3 is 2.48 bits per heavy atom. The molecule has 0 saturated carbocycles. The van der Waals surface area contributed by atoms with E-state index in [0.717, 1.165) is 22.9 Å². The Labute approximate surface area is 130 Å². The van der Waals surface area contributed by atoms with Crippen molar-refractivity contribution in [2.75, 3.05) is 39.4 Å². The van der Waals surface area contributed by atoms with Crippen molar-refractivity contribution in [1.29, 1.82) is 0 Å². The molecule has 1 atom stereocenters. The Hall–Kier alpha value is -1.82. The lowest BCUT2D eigenvalue weighted by atomic mass is 10.2. The van der Waals surface area contributed by atoms with Crippen LogP contribution in [0.15, 0.2) is 35.5 Å². The van der Waals surface area contributed by atoms with Crippen LogP contribution in [0.2, 0.25) is 0 Å². The predicted octanol–water partition coefficient (Wildman–Crippen LogP) is 2.66. The van der Waals surface area contributed by atoms with Gasteiger partial charge in [-0.2, -0.15) is 0 Å². The number of nitrogens with zero attached hydrogens (tertiary/aromatic N) is 2. The average Bonchev–Trinajstić information content (AvgIpc) is 2.53. The Bertz CT molecular complexity index is 523. The Kier molecular flexibility index (Phi) is 5.38. The lowest BCUT2D eigenvalue weighted by Crippen LogP contribution is -2.28. The van der Waals surface area contributed by atoms with Crippen molar-refractivity contribution in [2.24, 2.45) is 4.99 Å². The molecule has 0 radical (unpaired) electrons. The second-order valence-corrected chi connectivity index (χ2v) is 5.51. The summed E-state index contributed by atoms with van der Waals surface area (Å²) in [5.41, 5.74) is 2.11. The molecular formula is C15H21N3O2S. The summed E-state index contributed by atoms with van der Waals surface area (Å²) < 4.78 is 10.5. The summed E-state index contributed by atoms with van der Waals surface area (Å²) in [4.78, 5) is 6.76. The van der Waals surface area contributed by atoms with E-state index in [4.69, 9.17) is 9.47 Å². The van der Waals surface area contributed by atoms with Crippen molar-refractivity contribution in [3.63, 3.8) is 0 Å². The van der Waals surface area contributed by atoms with Gasteiger partial charge in [0.05, 0.1) is 26.5 Å². The summed E-state index contributed by atoms with van der Waals surface area (Å²) in [7, 11) is 5.31. The molecule has 1 heterocycles. The Morgan fingerprint density at radius 2 is 1.90 bits per heavy atom. The van der Waals surface area contributed by atoms with E-state index in [1.807, 2.05) is 31.3 Å². The third-order valence-electron chi connectivity index (χ3n) is 3.16. The summed E-state index contributed by atoms with van der Waals surface area (Å²) >= 11 is 1.71. The molecule has 1 unspecified atom stereocenters. The molecule has 0 aromatic heterocycles. The lowest BCUT2D eigenvalue weighted by Gasteiger charge is -2.25. The molecule has 1 aromatic rings. The smallest absolute Gasteiger partial charge is 0.168 e. The largest absolute Gasteiger partial charge is 0.497 e. The van der Waals surface area contributed by atoms with Crippen LogP contribution in [0.3, 0.4) is 0 Å². The third-order valence-corrected chi connectivity index (χ3v) is 4.02. The number of aliphatic imine (C=N–C) groups is 1. The molecule has 0 bridgehead atoms. The van der Waals surface area contributed by atoms with Crippen LogP contribution in [0.4, 0.5) is 5.69 Å². The Balaban J connectivity index is 2.04. The molecule has 1 aromatic carbocycles. The van der Waals surface area contributed by atoms with Crippen molar-refractivity contribution < 1.29 is 9.47 Å². The zero-order chi connectivity index (χ0) is 15.2. The second kappa shape index (κ2) is 7.26. The molecule has 6 heteroatoms. The SMILES string of the molecule is COc1cc(NCC2=NC(SC)N(C)C=C2)cc(OC)c1. The maximum absolute atomic E-state index is 5.26. The molecule has 114 valence electrons. The molecule has 0 spiro atoms. The number of rotatable bonds is 6. The first-order valence-electron chi connectivity index (χ1n) is 6.63. The van der Waals surface area contributed by atoms with Crippen LogP contribution in [-0.2, 0) is 0 Å². The first-order valence-corrected chi connectivity index (χ1v) is 7.91. The topological polar surface area (TPSA) is 46.1 Å². The maximum Gasteiger partial charge on any atom is 0.168 e. The quantitative estimate of drug-likeness (QED) is 0.875. The van der Waals surface area contributed by atoms with Crippen LogP contribution >= 0.6 is 11.8 Å². The van der Waals surface area contributed by atoms with Crippen LogP contribution in [0.5, 0.6) is 11.5 Å². The summed E-state index contributed by atoms with van der Waals surface area (Å²) in [6, 6.07) is 5.73. The molecule has 0 amide bonds. The molecule has 1 aliphatic rings. The Morgan fingerprint density at radius 1 is 1.24 bits per heavy atom. The van der Waals surface area contributed by atoms with Crippen LogP contribution in [-0.4, -0.2) is 50.2 Å². The molecule has 0 saturated heterocycles. The second-order valence-electron chi connectivity index (χ2n) is 4.62. The van der Waals surface area contributed by atoms with E-state index in [9.17, 15) is 0 Å². The standard InChI is InChI=1S/C15H21N3O2S/c1-18-6-5-11(17-15(18)21-4)10-16-12-7-13(19-2)9-14(8-12)20-3/h5-9,15-16H,10H2,1-4H3. The highest BCUT2D eigenvalue weighted by molar-refractivity contribution is 7.99. The maximum atomic E-state index is 5.26. The first-order chi connectivity index (χ1) is 10.2. The summed E-state index contributed by atoms with van der Waals surface area (Å²) in [5, 5.41) is 3.35. The van der Waals surface area contributed by atoms with Gasteiger partial charge in [0.25, 0.3) is 0 Å². The number of ether oxygens (including phenoxy) is 2. The van der Waals surface area contributed by atoms with E-state index in [1.54, 1.807) is 26.0 Å². The average molecular weight is 307 g/mol. The normalized spacial score (nSPS) is 17.4. The number of hydrogen-bond acceptors (Lipinski definition) is 6. The van der Waals surface area contributed by atoms with Crippen molar-refractivity contribution in [1.82, 2.24) is 4.90 Å². The van der Waals surface area contributed by atoms with Crippen LogP contribution < -0.4 is 14.8 Å². The monoisotopic (exact) mass is 307 g/mol. The predicted molar refractivity (Wildman–Crippen MR) is 89.7 cm³/mol. The van der Waals surface area contributed by atoms with E-state index < -0.39 is 0 Å². The van der Waals surface area contributed by atoms with Crippen molar-refractivity contribution in [2.45, 2.75) is 5.50 Å². The number of nitrogens with one attached hydrogen (secondary N) is 1. The van der Waals surface area contributed by atoms with Gasteiger partial charge >= 0.3 is 0 Å². The number of benzene rings is 1.